The average Bonchev–Trinajstić information content (AvgIpc) is 2.96. The van der Waals surface area contributed by atoms with Gasteiger partial charge in [0.15, 0.2) is 0 Å². The van der Waals surface area contributed by atoms with Crippen molar-refractivity contribution in [3.8, 4) is 0 Å². The van der Waals surface area contributed by atoms with E-state index in [9.17, 15) is 9.90 Å². The number of likely N-dealkylation sites (tertiary alicyclic amines) is 1. The maximum atomic E-state index is 12.2. The molecule has 2 aromatic heterocycles. The van der Waals surface area contributed by atoms with Crippen LogP contribution in [0.2, 0.25) is 0 Å². The summed E-state index contributed by atoms with van der Waals surface area (Å²) in [6, 6.07) is 3.93. The van der Waals surface area contributed by atoms with Crippen molar-refractivity contribution >= 4 is 11.6 Å². The van der Waals surface area contributed by atoms with E-state index in [-0.39, 0.29) is 12.7 Å². The van der Waals surface area contributed by atoms with E-state index in [1.165, 1.54) is 5.56 Å². The van der Waals surface area contributed by atoms with Crippen LogP contribution in [0.5, 0.6) is 0 Å². The summed E-state index contributed by atoms with van der Waals surface area (Å²) in [5.74, 6) is 0.390. The van der Waals surface area contributed by atoms with Crippen LogP contribution in [0.3, 0.4) is 0 Å². The smallest absolute Gasteiger partial charge is 0.410 e. The number of hydrogen-bond acceptors (Lipinski definition) is 4. The molecule has 1 fully saturated rings. The SMILES string of the molecule is CC(C)(C)OC(=O)N1CCC(c2cnn3cc(CO)ccc23)CC1. The van der Waals surface area contributed by atoms with Gasteiger partial charge in [-0.25, -0.2) is 9.31 Å². The number of rotatable bonds is 2. The molecule has 6 nitrogen and oxygen atoms in total. The number of aliphatic hydroxyl groups is 1. The van der Waals surface area contributed by atoms with Gasteiger partial charge in [0.2, 0.25) is 0 Å². The van der Waals surface area contributed by atoms with Crippen LogP contribution in [0, 0.1) is 0 Å². The van der Waals surface area contributed by atoms with Gasteiger partial charge in [0.05, 0.1) is 18.3 Å². The van der Waals surface area contributed by atoms with Gasteiger partial charge in [-0.15, -0.1) is 0 Å². The Morgan fingerprint density at radius 2 is 2.04 bits per heavy atom. The molecule has 0 atom stereocenters. The van der Waals surface area contributed by atoms with Crippen LogP contribution in [0.1, 0.15) is 50.7 Å². The molecule has 1 aliphatic heterocycles. The molecule has 130 valence electrons. The monoisotopic (exact) mass is 331 g/mol. The minimum Gasteiger partial charge on any atom is -0.444 e. The number of hydrogen-bond donors (Lipinski definition) is 1. The highest BCUT2D eigenvalue weighted by Crippen LogP contribution is 2.31. The second-order valence-corrected chi connectivity index (χ2v) is 7.37. The molecule has 0 aromatic carbocycles. The first kappa shape index (κ1) is 16.8. The molecule has 24 heavy (non-hydrogen) atoms. The molecule has 0 unspecified atom stereocenters. The fourth-order valence-electron chi connectivity index (χ4n) is 3.15. The highest BCUT2D eigenvalue weighted by molar-refractivity contribution is 5.68. The molecule has 0 bridgehead atoms. The zero-order chi connectivity index (χ0) is 17.3. The number of carbonyl (C=O) groups is 1. The Labute approximate surface area is 142 Å². The summed E-state index contributed by atoms with van der Waals surface area (Å²) in [7, 11) is 0. The lowest BCUT2D eigenvalue weighted by molar-refractivity contribution is 0.0205. The Morgan fingerprint density at radius 3 is 2.67 bits per heavy atom. The normalized spacial score (nSPS) is 16.6. The van der Waals surface area contributed by atoms with E-state index in [0.717, 1.165) is 23.9 Å². The number of aliphatic hydroxyl groups excluding tert-OH is 1. The van der Waals surface area contributed by atoms with E-state index in [1.807, 2.05) is 49.8 Å². The van der Waals surface area contributed by atoms with Crippen LogP contribution in [-0.4, -0.2) is 44.4 Å². The third-order valence-corrected chi connectivity index (χ3v) is 4.38. The van der Waals surface area contributed by atoms with Crippen molar-refractivity contribution in [2.24, 2.45) is 0 Å². The molecule has 0 radical (unpaired) electrons. The first-order chi connectivity index (χ1) is 11.4. The summed E-state index contributed by atoms with van der Waals surface area (Å²) in [5, 5.41) is 13.6. The van der Waals surface area contributed by atoms with E-state index in [1.54, 1.807) is 4.90 Å². The standard InChI is InChI=1S/C18H25N3O3/c1-18(2,3)24-17(23)20-8-6-14(7-9-20)15-10-19-21-11-13(12-22)4-5-16(15)21/h4-5,10-11,14,22H,6-9,12H2,1-3H3. The molecule has 1 aliphatic rings. The third-order valence-electron chi connectivity index (χ3n) is 4.38. The predicted octanol–water partition coefficient (Wildman–Crippen LogP) is 2.94. The summed E-state index contributed by atoms with van der Waals surface area (Å²) in [4.78, 5) is 13.9. The summed E-state index contributed by atoms with van der Waals surface area (Å²) >= 11 is 0. The van der Waals surface area contributed by atoms with Gasteiger partial charge in [-0.1, -0.05) is 6.07 Å². The highest BCUT2D eigenvalue weighted by Gasteiger charge is 2.28. The van der Waals surface area contributed by atoms with E-state index in [2.05, 4.69) is 5.10 Å². The largest absolute Gasteiger partial charge is 0.444 e. The van der Waals surface area contributed by atoms with E-state index < -0.39 is 5.60 Å². The van der Waals surface area contributed by atoms with E-state index in [0.29, 0.717) is 19.0 Å². The second kappa shape index (κ2) is 6.43. The number of aromatic nitrogens is 2. The average molecular weight is 331 g/mol. The quantitative estimate of drug-likeness (QED) is 0.919. The summed E-state index contributed by atoms with van der Waals surface area (Å²) in [5.41, 5.74) is 2.67. The Balaban J connectivity index is 1.68. The van der Waals surface area contributed by atoms with Crippen molar-refractivity contribution in [1.29, 1.82) is 0 Å². The topological polar surface area (TPSA) is 67.1 Å². The molecule has 2 aromatic rings. The van der Waals surface area contributed by atoms with Gasteiger partial charge in [0.1, 0.15) is 5.60 Å². The lowest BCUT2D eigenvalue weighted by Gasteiger charge is -2.33. The summed E-state index contributed by atoms with van der Waals surface area (Å²) in [6.07, 6.45) is 5.34. The highest BCUT2D eigenvalue weighted by atomic mass is 16.6. The molecule has 1 saturated heterocycles. The number of fused-ring (bicyclic) bond motifs is 1. The number of ether oxygens (including phenoxy) is 1. The fourth-order valence-corrected chi connectivity index (χ4v) is 3.15. The summed E-state index contributed by atoms with van der Waals surface area (Å²) in [6.45, 7) is 7.07. The number of piperidine rings is 1. The van der Waals surface area contributed by atoms with E-state index >= 15 is 0 Å². The van der Waals surface area contributed by atoms with Crippen LogP contribution >= 0.6 is 0 Å². The van der Waals surface area contributed by atoms with Crippen molar-refractivity contribution < 1.29 is 14.6 Å². The lowest BCUT2D eigenvalue weighted by atomic mass is 9.90. The van der Waals surface area contributed by atoms with Crippen LogP contribution in [-0.2, 0) is 11.3 Å². The molecular weight excluding hydrogens is 306 g/mol. The Hall–Kier alpha value is -2.08. The van der Waals surface area contributed by atoms with Gasteiger partial charge in [0.25, 0.3) is 0 Å². The first-order valence-corrected chi connectivity index (χ1v) is 8.42. The Kier molecular flexibility index (Phi) is 4.49. The van der Waals surface area contributed by atoms with Crippen molar-refractivity contribution in [1.82, 2.24) is 14.5 Å². The van der Waals surface area contributed by atoms with Gasteiger partial charge in [-0.2, -0.15) is 5.10 Å². The van der Waals surface area contributed by atoms with Crippen molar-refractivity contribution in [3.63, 3.8) is 0 Å². The summed E-state index contributed by atoms with van der Waals surface area (Å²) < 4.78 is 7.27. The number of nitrogens with zero attached hydrogens (tertiary/aromatic N) is 3. The fraction of sp³-hybridized carbons (Fsp3) is 0.556. The molecule has 3 rings (SSSR count). The van der Waals surface area contributed by atoms with Crippen LogP contribution in [0.25, 0.3) is 5.52 Å². The van der Waals surface area contributed by atoms with E-state index in [4.69, 9.17) is 4.74 Å². The van der Waals surface area contributed by atoms with Crippen LogP contribution in [0.15, 0.2) is 24.5 Å². The Morgan fingerprint density at radius 1 is 1.33 bits per heavy atom. The zero-order valence-corrected chi connectivity index (χ0v) is 14.5. The second-order valence-electron chi connectivity index (χ2n) is 7.37. The molecule has 1 amide bonds. The molecule has 0 saturated carbocycles. The van der Waals surface area contributed by atoms with Crippen molar-refractivity contribution in [2.45, 2.75) is 51.7 Å². The minimum atomic E-state index is -0.458. The van der Waals surface area contributed by atoms with Gasteiger partial charge in [-0.05, 0) is 51.2 Å². The third kappa shape index (κ3) is 3.53. The maximum Gasteiger partial charge on any atom is 0.410 e. The Bertz CT molecular complexity index is 725. The molecule has 1 N–H and O–H groups in total. The predicted molar refractivity (Wildman–Crippen MR) is 90.9 cm³/mol. The molecule has 6 heteroatoms. The number of carbonyl (C=O) groups excluding carboxylic acids is 1. The minimum absolute atomic E-state index is 0.0133. The zero-order valence-electron chi connectivity index (χ0n) is 14.5. The van der Waals surface area contributed by atoms with Crippen LogP contribution < -0.4 is 0 Å². The van der Waals surface area contributed by atoms with Crippen LogP contribution in [0.4, 0.5) is 4.79 Å². The van der Waals surface area contributed by atoms with Crippen molar-refractivity contribution in [3.05, 3.63) is 35.7 Å². The number of amides is 1. The number of pyridine rings is 1. The lowest BCUT2D eigenvalue weighted by Crippen LogP contribution is -2.41. The molecular formula is C18H25N3O3. The van der Waals surface area contributed by atoms with Gasteiger partial charge in [0, 0.05) is 24.8 Å². The van der Waals surface area contributed by atoms with Gasteiger partial charge in [-0.3, -0.25) is 0 Å². The molecule has 0 aliphatic carbocycles. The van der Waals surface area contributed by atoms with Gasteiger partial charge < -0.3 is 14.7 Å². The van der Waals surface area contributed by atoms with Gasteiger partial charge >= 0.3 is 6.09 Å². The maximum absolute atomic E-state index is 12.2. The molecule has 0 spiro atoms. The van der Waals surface area contributed by atoms with Crippen molar-refractivity contribution in [2.75, 3.05) is 13.1 Å². The first-order valence-electron chi connectivity index (χ1n) is 8.42. The molecule has 3 heterocycles.